The van der Waals surface area contributed by atoms with Crippen LogP contribution in [0.4, 0.5) is 21.0 Å². The van der Waals surface area contributed by atoms with Crippen LogP contribution in [0.2, 0.25) is 10.0 Å². The average Bonchev–Trinajstić information content (AvgIpc) is 3.17. The summed E-state index contributed by atoms with van der Waals surface area (Å²) < 4.78 is 13.0. The molecule has 0 bridgehead atoms. The van der Waals surface area contributed by atoms with Crippen LogP contribution in [-0.2, 0) is 28.9 Å². The summed E-state index contributed by atoms with van der Waals surface area (Å²) in [6.07, 6.45) is 2.82. The highest BCUT2D eigenvalue weighted by Crippen LogP contribution is 2.35. The van der Waals surface area contributed by atoms with E-state index in [-0.39, 0.29) is 5.96 Å². The van der Waals surface area contributed by atoms with Crippen LogP contribution in [-0.4, -0.2) is 40.5 Å². The van der Waals surface area contributed by atoms with Gasteiger partial charge in [0.15, 0.2) is 0 Å². The lowest BCUT2D eigenvalue weighted by Crippen LogP contribution is -2.47. The Hall–Kier alpha value is -3.43. The van der Waals surface area contributed by atoms with Gasteiger partial charge in [0, 0.05) is 29.0 Å². The number of guanidine groups is 1. The van der Waals surface area contributed by atoms with Crippen molar-refractivity contribution in [2.45, 2.75) is 85.0 Å². The Kier molecular flexibility index (Phi) is 9.63. The first-order valence-electron chi connectivity index (χ1n) is 14.1. The molecule has 0 radical (unpaired) electrons. The van der Waals surface area contributed by atoms with Gasteiger partial charge >= 0.3 is 12.2 Å². The van der Waals surface area contributed by atoms with Crippen molar-refractivity contribution in [3.63, 3.8) is 0 Å². The van der Waals surface area contributed by atoms with E-state index in [4.69, 9.17) is 32.7 Å². The molecule has 0 unspecified atom stereocenters. The summed E-state index contributed by atoms with van der Waals surface area (Å²) in [5, 5.41) is 10.7. The third-order valence-electron chi connectivity index (χ3n) is 6.42. The van der Waals surface area contributed by atoms with E-state index in [0.29, 0.717) is 23.1 Å². The van der Waals surface area contributed by atoms with Crippen molar-refractivity contribution in [2.75, 3.05) is 11.9 Å². The lowest BCUT2D eigenvalue weighted by Gasteiger charge is -2.22. The first-order chi connectivity index (χ1) is 19.7. The summed E-state index contributed by atoms with van der Waals surface area (Å²) in [6.45, 7) is 11.4. The number of hydrogen-bond acceptors (Lipinski definition) is 6. The number of ether oxygens (including phenoxy) is 2. The van der Waals surface area contributed by atoms with Gasteiger partial charge in [-0.2, -0.15) is 0 Å². The molecule has 0 fully saturated rings. The Morgan fingerprint density at radius 2 is 1.45 bits per heavy atom. The molecular weight excluding hydrogens is 577 g/mol. The number of alkyl carbamates (subject to hydrolysis) is 2. The monoisotopic (exact) mass is 615 g/mol. The molecule has 0 saturated heterocycles. The number of rotatable bonds is 5. The van der Waals surface area contributed by atoms with Crippen molar-refractivity contribution in [3.8, 4) is 0 Å². The molecule has 0 spiro atoms. The second-order valence-corrected chi connectivity index (χ2v) is 13.1. The molecule has 0 aliphatic heterocycles. The fraction of sp³-hybridized carbons (Fsp3) is 0.452. The number of hydrogen-bond donors (Lipinski definition) is 3. The molecule has 11 heteroatoms. The number of anilines is 2. The minimum atomic E-state index is -0.723. The summed E-state index contributed by atoms with van der Waals surface area (Å²) in [4.78, 5) is 29.5. The molecule has 9 nitrogen and oxygen atoms in total. The molecule has 1 aliphatic carbocycles. The molecular formula is C31H39Cl2N5O4. The van der Waals surface area contributed by atoms with Crippen LogP contribution < -0.4 is 16.0 Å². The van der Waals surface area contributed by atoms with Gasteiger partial charge in [-0.05, 0) is 103 Å². The number of nitrogens with one attached hydrogen (secondary N) is 3. The number of aryl methyl sites for hydroxylation is 1. The number of aromatic nitrogens is 1. The van der Waals surface area contributed by atoms with Gasteiger partial charge in [0.25, 0.3) is 0 Å². The van der Waals surface area contributed by atoms with Crippen molar-refractivity contribution in [2.24, 2.45) is 4.99 Å². The van der Waals surface area contributed by atoms with Crippen LogP contribution in [0.25, 0.3) is 10.9 Å². The Morgan fingerprint density at radius 1 is 0.857 bits per heavy atom. The highest BCUT2D eigenvalue weighted by molar-refractivity contribution is 6.42. The zero-order valence-corrected chi connectivity index (χ0v) is 26.5. The molecule has 1 aromatic heterocycles. The van der Waals surface area contributed by atoms with Crippen molar-refractivity contribution >= 4 is 63.6 Å². The maximum atomic E-state index is 12.5. The molecule has 0 atom stereocenters. The second-order valence-electron chi connectivity index (χ2n) is 12.3. The van der Waals surface area contributed by atoms with E-state index >= 15 is 0 Å². The van der Waals surface area contributed by atoms with E-state index in [2.05, 4.69) is 43.7 Å². The highest BCUT2D eigenvalue weighted by atomic mass is 35.5. The third kappa shape index (κ3) is 8.55. The standard InChI is InChI=1S/C31H39Cl2N5O4/c1-30(2,3)41-28(39)36-27(37-29(40)42-31(4,5)6)34-15-16-38-25-10-8-7-9-21(25)22-13-11-20(18-26(22)38)35-19-12-14-23(32)24(33)17-19/h11-14,17-18,35H,7-10,15-16H2,1-6H3,(H2,34,36,37,39,40). The first kappa shape index (κ1) is 31.5. The van der Waals surface area contributed by atoms with Crippen LogP contribution in [0.3, 0.4) is 0 Å². The van der Waals surface area contributed by atoms with E-state index in [9.17, 15) is 9.59 Å². The quantitative estimate of drug-likeness (QED) is 0.199. The number of benzene rings is 2. The minimum absolute atomic E-state index is 0.0363. The third-order valence-corrected chi connectivity index (χ3v) is 7.16. The maximum Gasteiger partial charge on any atom is 0.414 e. The van der Waals surface area contributed by atoms with Gasteiger partial charge in [-0.25, -0.2) is 9.59 Å². The number of halogens is 2. The topological polar surface area (TPSA) is 106 Å². The zero-order chi connectivity index (χ0) is 30.7. The van der Waals surface area contributed by atoms with Crippen molar-refractivity contribution < 1.29 is 19.1 Å². The fourth-order valence-corrected chi connectivity index (χ4v) is 5.18. The number of fused-ring (bicyclic) bond motifs is 3. The molecule has 1 heterocycles. The molecule has 3 aromatic rings. The molecule has 42 heavy (non-hydrogen) atoms. The lowest BCUT2D eigenvalue weighted by atomic mass is 9.95. The molecule has 3 N–H and O–H groups in total. The summed E-state index contributed by atoms with van der Waals surface area (Å²) >= 11 is 12.3. The Balaban J connectivity index is 1.60. The Morgan fingerprint density at radius 3 is 2.07 bits per heavy atom. The first-order valence-corrected chi connectivity index (χ1v) is 14.8. The number of carbonyl (C=O) groups is 2. The van der Waals surface area contributed by atoms with Crippen LogP contribution in [0, 0.1) is 0 Å². The average molecular weight is 617 g/mol. The van der Waals surface area contributed by atoms with Crippen LogP contribution in [0.15, 0.2) is 41.4 Å². The zero-order valence-electron chi connectivity index (χ0n) is 25.0. The molecule has 4 rings (SSSR count). The van der Waals surface area contributed by atoms with Crippen LogP contribution >= 0.6 is 23.2 Å². The summed E-state index contributed by atoms with van der Waals surface area (Å²) in [6, 6.07) is 11.8. The molecule has 2 aromatic carbocycles. The molecule has 2 amide bonds. The number of nitrogens with zero attached hydrogens (tertiary/aromatic N) is 2. The van der Waals surface area contributed by atoms with E-state index in [1.54, 1.807) is 53.7 Å². The van der Waals surface area contributed by atoms with E-state index < -0.39 is 23.4 Å². The van der Waals surface area contributed by atoms with Crippen molar-refractivity contribution in [1.82, 2.24) is 15.2 Å². The van der Waals surface area contributed by atoms with Crippen LogP contribution in [0.1, 0.15) is 65.6 Å². The largest absolute Gasteiger partial charge is 0.444 e. The Labute approximate surface area is 256 Å². The molecule has 0 saturated carbocycles. The summed E-state index contributed by atoms with van der Waals surface area (Å²) in [7, 11) is 0. The molecule has 226 valence electrons. The second kappa shape index (κ2) is 12.8. The Bertz CT molecular complexity index is 1470. The van der Waals surface area contributed by atoms with Crippen molar-refractivity contribution in [3.05, 3.63) is 57.7 Å². The van der Waals surface area contributed by atoms with Gasteiger partial charge in [-0.3, -0.25) is 15.6 Å². The van der Waals surface area contributed by atoms with E-state index in [0.717, 1.165) is 42.6 Å². The summed E-state index contributed by atoms with van der Waals surface area (Å²) in [5.41, 5.74) is 4.06. The van der Waals surface area contributed by atoms with E-state index in [1.807, 2.05) is 6.07 Å². The smallest absolute Gasteiger partial charge is 0.414 e. The predicted octanol–water partition coefficient (Wildman–Crippen LogP) is 7.98. The fourth-order valence-electron chi connectivity index (χ4n) is 4.88. The lowest BCUT2D eigenvalue weighted by molar-refractivity contribution is 0.0545. The van der Waals surface area contributed by atoms with Gasteiger partial charge in [0.05, 0.1) is 22.1 Å². The van der Waals surface area contributed by atoms with Gasteiger partial charge in [0.1, 0.15) is 11.2 Å². The normalized spacial score (nSPS) is 13.2. The number of aliphatic imine (C=N–C) groups is 1. The van der Waals surface area contributed by atoms with Crippen molar-refractivity contribution in [1.29, 1.82) is 0 Å². The van der Waals surface area contributed by atoms with Gasteiger partial charge in [-0.15, -0.1) is 0 Å². The number of carbonyl (C=O) groups excluding carboxylic acids is 2. The summed E-state index contributed by atoms with van der Waals surface area (Å²) in [5.74, 6) is -0.0363. The van der Waals surface area contributed by atoms with Gasteiger partial charge in [-0.1, -0.05) is 29.3 Å². The predicted molar refractivity (Wildman–Crippen MR) is 169 cm³/mol. The SMILES string of the molecule is CC(C)(C)OC(=O)NC(=NCCn1c2c(c3ccc(Nc4ccc(Cl)c(Cl)c4)cc31)CCCC2)NC(=O)OC(C)(C)C. The molecule has 1 aliphatic rings. The van der Waals surface area contributed by atoms with Gasteiger partial charge in [0.2, 0.25) is 5.96 Å². The maximum absolute atomic E-state index is 12.5. The van der Waals surface area contributed by atoms with Crippen LogP contribution in [0.5, 0.6) is 0 Å². The highest BCUT2D eigenvalue weighted by Gasteiger charge is 2.23. The number of amides is 2. The van der Waals surface area contributed by atoms with E-state index in [1.165, 1.54) is 16.6 Å². The minimum Gasteiger partial charge on any atom is -0.444 e. The van der Waals surface area contributed by atoms with Gasteiger partial charge < -0.3 is 19.4 Å².